The Morgan fingerprint density at radius 3 is 2.54 bits per heavy atom. The molecule has 26 heavy (non-hydrogen) atoms. The lowest BCUT2D eigenvalue weighted by Gasteiger charge is -2.08. The van der Waals surface area contributed by atoms with E-state index in [0.29, 0.717) is 21.5 Å². The van der Waals surface area contributed by atoms with Crippen molar-refractivity contribution in [3.63, 3.8) is 0 Å². The quantitative estimate of drug-likeness (QED) is 0.592. The van der Waals surface area contributed by atoms with Crippen molar-refractivity contribution in [2.24, 2.45) is 0 Å². The molecule has 0 bridgehead atoms. The van der Waals surface area contributed by atoms with Gasteiger partial charge in [0.1, 0.15) is 10.1 Å². The van der Waals surface area contributed by atoms with Crippen LogP contribution in [0.25, 0.3) is 6.08 Å². The highest BCUT2D eigenvalue weighted by molar-refractivity contribution is 8.26. The van der Waals surface area contributed by atoms with Gasteiger partial charge in [-0.1, -0.05) is 66.4 Å². The maximum absolute atomic E-state index is 11.8. The lowest BCUT2D eigenvalue weighted by Crippen LogP contribution is -2.28. The zero-order valence-electron chi connectivity index (χ0n) is 13.7. The third kappa shape index (κ3) is 5.18. The Labute approximate surface area is 160 Å². The average Bonchev–Trinajstić information content (AvgIpc) is 2.97. The van der Waals surface area contributed by atoms with Crippen molar-refractivity contribution in [1.29, 1.82) is 0 Å². The van der Waals surface area contributed by atoms with Gasteiger partial charge in [-0.05, 0) is 29.3 Å². The Balaban J connectivity index is 1.48. The van der Waals surface area contributed by atoms with Crippen molar-refractivity contribution in [3.8, 4) is 5.75 Å². The van der Waals surface area contributed by atoms with Gasteiger partial charge in [0.2, 0.25) is 0 Å². The molecule has 132 valence electrons. The first-order valence-electron chi connectivity index (χ1n) is 7.88. The third-order valence-corrected chi connectivity index (χ3v) is 4.69. The maximum atomic E-state index is 11.8. The molecule has 1 fully saturated rings. The molecule has 7 heteroatoms. The van der Waals surface area contributed by atoms with Crippen LogP contribution in [0.4, 0.5) is 0 Å². The molecular weight excluding hydrogens is 368 g/mol. The summed E-state index contributed by atoms with van der Waals surface area (Å²) in [6, 6.07) is 16.8. The van der Waals surface area contributed by atoms with Crippen molar-refractivity contribution in [2.45, 2.75) is 6.54 Å². The highest BCUT2D eigenvalue weighted by atomic mass is 32.2. The molecule has 1 saturated heterocycles. The van der Waals surface area contributed by atoms with Crippen LogP contribution in [0.15, 0.2) is 59.5 Å². The van der Waals surface area contributed by atoms with Crippen LogP contribution >= 0.6 is 24.0 Å². The summed E-state index contributed by atoms with van der Waals surface area (Å²) >= 11 is 6.19. The Kier molecular flexibility index (Phi) is 6.04. The molecule has 0 radical (unpaired) electrons. The Morgan fingerprint density at radius 1 is 1.15 bits per heavy atom. The Hall–Kier alpha value is -2.64. The highest BCUT2D eigenvalue weighted by Crippen LogP contribution is 2.26. The van der Waals surface area contributed by atoms with E-state index in [1.54, 1.807) is 18.2 Å². The van der Waals surface area contributed by atoms with E-state index in [4.69, 9.17) is 17.0 Å². The van der Waals surface area contributed by atoms with E-state index in [2.05, 4.69) is 10.6 Å². The number of amides is 2. The number of benzene rings is 2. The average molecular weight is 384 g/mol. The van der Waals surface area contributed by atoms with E-state index in [0.717, 1.165) is 11.1 Å². The van der Waals surface area contributed by atoms with E-state index in [1.807, 2.05) is 42.5 Å². The van der Waals surface area contributed by atoms with E-state index in [-0.39, 0.29) is 18.4 Å². The van der Waals surface area contributed by atoms with Crippen LogP contribution in [0, 0.1) is 0 Å². The van der Waals surface area contributed by atoms with Gasteiger partial charge in [-0.3, -0.25) is 9.59 Å². The van der Waals surface area contributed by atoms with Gasteiger partial charge in [0.15, 0.2) is 6.61 Å². The fourth-order valence-corrected chi connectivity index (χ4v) is 3.27. The fraction of sp³-hybridized carbons (Fsp3) is 0.105. The van der Waals surface area contributed by atoms with Crippen LogP contribution in [0.1, 0.15) is 11.1 Å². The monoisotopic (exact) mass is 384 g/mol. The van der Waals surface area contributed by atoms with Gasteiger partial charge < -0.3 is 15.4 Å². The lowest BCUT2D eigenvalue weighted by atomic mass is 10.2. The number of ether oxygens (including phenoxy) is 1. The topological polar surface area (TPSA) is 67.4 Å². The van der Waals surface area contributed by atoms with Gasteiger partial charge in [0, 0.05) is 6.54 Å². The minimum atomic E-state index is -0.187. The number of thiocarbonyl (C=S) groups is 1. The van der Waals surface area contributed by atoms with Crippen LogP contribution < -0.4 is 15.4 Å². The van der Waals surface area contributed by atoms with Crippen molar-refractivity contribution in [2.75, 3.05) is 6.61 Å². The van der Waals surface area contributed by atoms with Crippen LogP contribution in [-0.4, -0.2) is 22.7 Å². The minimum Gasteiger partial charge on any atom is -0.484 e. The number of hydrogen-bond acceptors (Lipinski definition) is 5. The van der Waals surface area contributed by atoms with Crippen LogP contribution in [0.5, 0.6) is 5.75 Å². The Morgan fingerprint density at radius 2 is 1.88 bits per heavy atom. The summed E-state index contributed by atoms with van der Waals surface area (Å²) in [5.74, 6) is 0.212. The lowest BCUT2D eigenvalue weighted by molar-refractivity contribution is -0.123. The highest BCUT2D eigenvalue weighted by Gasteiger charge is 2.21. The molecule has 1 heterocycles. The molecule has 0 unspecified atom stereocenters. The predicted octanol–water partition coefficient (Wildman–Crippen LogP) is 2.87. The van der Waals surface area contributed by atoms with Gasteiger partial charge in [-0.15, -0.1) is 0 Å². The molecule has 0 saturated carbocycles. The van der Waals surface area contributed by atoms with Gasteiger partial charge in [0.05, 0.1) is 4.91 Å². The molecule has 5 nitrogen and oxygen atoms in total. The first kappa shape index (κ1) is 18.2. The van der Waals surface area contributed by atoms with E-state index >= 15 is 0 Å². The van der Waals surface area contributed by atoms with E-state index < -0.39 is 0 Å². The van der Waals surface area contributed by atoms with Gasteiger partial charge >= 0.3 is 0 Å². The number of hydrogen-bond donors (Lipinski definition) is 2. The number of nitrogens with one attached hydrogen (secondary N) is 2. The molecule has 2 aromatic rings. The number of thioether (sulfide) groups is 1. The first-order valence-corrected chi connectivity index (χ1v) is 9.11. The van der Waals surface area contributed by atoms with Gasteiger partial charge in [-0.2, -0.15) is 0 Å². The second-order valence-electron chi connectivity index (χ2n) is 5.47. The summed E-state index contributed by atoms with van der Waals surface area (Å²) in [4.78, 5) is 24.0. The molecule has 0 spiro atoms. The summed E-state index contributed by atoms with van der Waals surface area (Å²) in [7, 11) is 0. The third-order valence-electron chi connectivity index (χ3n) is 3.52. The van der Waals surface area contributed by atoms with Crippen LogP contribution in [0.2, 0.25) is 0 Å². The Bertz CT molecular complexity index is 849. The molecule has 2 amide bonds. The standard InChI is InChI=1S/C19H16N2O3S2/c22-17(20-11-14-4-2-1-3-5-14)12-24-15-8-6-13(7-9-15)10-16-18(23)21-19(25)26-16/h1-10H,11-12H2,(H,20,22)(H,21,23,25)/b16-10-. The molecular formula is C19H16N2O3S2. The number of carbonyl (C=O) groups is 2. The SMILES string of the molecule is O=C(COc1ccc(/C=C2\SC(=S)NC2=O)cc1)NCc1ccccc1. The summed E-state index contributed by atoms with van der Waals surface area (Å²) in [5.41, 5.74) is 1.89. The normalized spacial score (nSPS) is 15.0. The van der Waals surface area contributed by atoms with Gasteiger partial charge in [-0.25, -0.2) is 0 Å². The van der Waals surface area contributed by atoms with Crippen molar-refractivity contribution >= 4 is 46.2 Å². The second kappa shape index (κ2) is 8.64. The zero-order valence-corrected chi connectivity index (χ0v) is 15.4. The van der Waals surface area contributed by atoms with E-state index in [1.165, 1.54) is 11.8 Å². The minimum absolute atomic E-state index is 0.0558. The number of rotatable bonds is 6. The van der Waals surface area contributed by atoms with Crippen molar-refractivity contribution < 1.29 is 14.3 Å². The van der Waals surface area contributed by atoms with Crippen LogP contribution in [0.3, 0.4) is 0 Å². The predicted molar refractivity (Wildman–Crippen MR) is 107 cm³/mol. The zero-order chi connectivity index (χ0) is 18.4. The molecule has 2 aromatic carbocycles. The largest absolute Gasteiger partial charge is 0.484 e. The van der Waals surface area contributed by atoms with E-state index in [9.17, 15) is 9.59 Å². The summed E-state index contributed by atoms with van der Waals surface area (Å²) in [6.07, 6.45) is 1.76. The van der Waals surface area contributed by atoms with Crippen molar-refractivity contribution in [1.82, 2.24) is 10.6 Å². The molecule has 0 aliphatic carbocycles. The molecule has 1 aliphatic heterocycles. The molecule has 0 atom stereocenters. The van der Waals surface area contributed by atoms with Crippen molar-refractivity contribution in [3.05, 3.63) is 70.6 Å². The smallest absolute Gasteiger partial charge is 0.263 e. The molecule has 2 N–H and O–H groups in total. The molecule has 0 aromatic heterocycles. The van der Waals surface area contributed by atoms with Crippen LogP contribution in [-0.2, 0) is 16.1 Å². The second-order valence-corrected chi connectivity index (χ2v) is 7.19. The summed E-state index contributed by atoms with van der Waals surface area (Å²) in [5, 5.41) is 5.38. The first-order chi connectivity index (χ1) is 12.6. The molecule has 1 aliphatic rings. The number of carbonyl (C=O) groups excluding carboxylic acids is 2. The summed E-state index contributed by atoms with van der Waals surface area (Å²) < 4.78 is 5.94. The summed E-state index contributed by atoms with van der Waals surface area (Å²) in [6.45, 7) is 0.414. The molecule has 3 rings (SSSR count). The maximum Gasteiger partial charge on any atom is 0.263 e. The van der Waals surface area contributed by atoms with Gasteiger partial charge in [0.25, 0.3) is 11.8 Å². The fourth-order valence-electron chi connectivity index (χ4n) is 2.23.